The number of hydrogen-bond acceptors (Lipinski definition) is 3. The molecule has 1 N–H and O–H groups in total. The zero-order chi connectivity index (χ0) is 17.6. The predicted octanol–water partition coefficient (Wildman–Crippen LogP) is 5.19. The van der Waals surface area contributed by atoms with Crippen molar-refractivity contribution in [2.45, 2.75) is 83.7 Å². The van der Waals surface area contributed by atoms with Crippen LogP contribution < -0.4 is 0 Å². The molecule has 0 aromatic heterocycles. The van der Waals surface area contributed by atoms with Gasteiger partial charge in [-0.25, -0.2) is 0 Å². The SMILES string of the molecule is CCCCCC(O)/C=C/C[C@H]1C[C@@H]1CC/C=C\CCCC(=O)OC. The summed E-state index contributed by atoms with van der Waals surface area (Å²) in [4.78, 5) is 11.0. The maximum Gasteiger partial charge on any atom is 0.305 e. The number of methoxy groups -OCH3 is 1. The number of aliphatic hydroxyl groups is 1. The van der Waals surface area contributed by atoms with Gasteiger partial charge >= 0.3 is 5.97 Å². The fraction of sp³-hybridized carbons (Fsp3) is 0.762. The minimum absolute atomic E-state index is 0.118. The van der Waals surface area contributed by atoms with E-state index in [0.717, 1.165) is 50.4 Å². The van der Waals surface area contributed by atoms with E-state index in [1.54, 1.807) is 0 Å². The van der Waals surface area contributed by atoms with Crippen molar-refractivity contribution in [2.24, 2.45) is 11.8 Å². The summed E-state index contributed by atoms with van der Waals surface area (Å²) in [6.07, 6.45) is 20.0. The zero-order valence-corrected chi connectivity index (χ0v) is 15.6. The van der Waals surface area contributed by atoms with Crippen LogP contribution >= 0.6 is 0 Å². The van der Waals surface area contributed by atoms with Gasteiger partial charge in [0.15, 0.2) is 0 Å². The summed E-state index contributed by atoms with van der Waals surface area (Å²) in [6, 6.07) is 0. The lowest BCUT2D eigenvalue weighted by molar-refractivity contribution is -0.140. The average molecular weight is 337 g/mol. The second-order valence-electron chi connectivity index (χ2n) is 7.00. The van der Waals surface area contributed by atoms with Crippen LogP contribution in [0.15, 0.2) is 24.3 Å². The van der Waals surface area contributed by atoms with Crippen LogP contribution in [0.1, 0.15) is 77.6 Å². The molecule has 3 nitrogen and oxygen atoms in total. The Kier molecular flexibility index (Phi) is 11.5. The zero-order valence-electron chi connectivity index (χ0n) is 15.6. The topological polar surface area (TPSA) is 46.5 Å². The first-order valence-corrected chi connectivity index (χ1v) is 9.73. The molecule has 1 aliphatic carbocycles. The highest BCUT2D eigenvalue weighted by atomic mass is 16.5. The molecule has 3 heteroatoms. The Morgan fingerprint density at radius 3 is 2.71 bits per heavy atom. The first-order valence-electron chi connectivity index (χ1n) is 9.73. The molecule has 1 saturated carbocycles. The highest BCUT2D eigenvalue weighted by Crippen LogP contribution is 2.44. The third kappa shape index (κ3) is 10.6. The van der Waals surface area contributed by atoms with E-state index in [-0.39, 0.29) is 12.1 Å². The van der Waals surface area contributed by atoms with Crippen molar-refractivity contribution in [1.29, 1.82) is 0 Å². The molecule has 0 aromatic carbocycles. The Labute approximate surface area is 148 Å². The van der Waals surface area contributed by atoms with E-state index in [1.165, 1.54) is 32.8 Å². The largest absolute Gasteiger partial charge is 0.469 e. The molecule has 0 amide bonds. The van der Waals surface area contributed by atoms with Crippen molar-refractivity contribution in [2.75, 3.05) is 7.11 Å². The average Bonchev–Trinajstić information content (AvgIpc) is 3.32. The van der Waals surface area contributed by atoms with Crippen molar-refractivity contribution in [3.63, 3.8) is 0 Å². The number of ether oxygens (including phenoxy) is 1. The van der Waals surface area contributed by atoms with Crippen LogP contribution in [0.5, 0.6) is 0 Å². The third-order valence-electron chi connectivity index (χ3n) is 4.82. The molecule has 0 bridgehead atoms. The quantitative estimate of drug-likeness (QED) is 0.270. The fourth-order valence-corrected chi connectivity index (χ4v) is 3.07. The second-order valence-corrected chi connectivity index (χ2v) is 7.00. The smallest absolute Gasteiger partial charge is 0.305 e. The summed E-state index contributed by atoms with van der Waals surface area (Å²) in [5.74, 6) is 1.58. The number of hydrogen-bond donors (Lipinski definition) is 1. The molecule has 1 aliphatic rings. The van der Waals surface area contributed by atoms with E-state index in [2.05, 4.69) is 29.9 Å². The van der Waals surface area contributed by atoms with Crippen LogP contribution in [-0.2, 0) is 9.53 Å². The number of carbonyl (C=O) groups excluding carboxylic acids is 1. The van der Waals surface area contributed by atoms with Gasteiger partial charge in [0.1, 0.15) is 0 Å². The number of unbranched alkanes of at least 4 members (excludes halogenated alkanes) is 3. The summed E-state index contributed by atoms with van der Waals surface area (Å²) in [5.41, 5.74) is 0. The highest BCUT2D eigenvalue weighted by molar-refractivity contribution is 5.68. The third-order valence-corrected chi connectivity index (χ3v) is 4.82. The summed E-state index contributed by atoms with van der Waals surface area (Å²) in [7, 11) is 1.44. The Hall–Kier alpha value is -1.09. The molecule has 0 saturated heterocycles. The van der Waals surface area contributed by atoms with Crippen molar-refractivity contribution >= 4 is 5.97 Å². The molecule has 0 aromatic rings. The summed E-state index contributed by atoms with van der Waals surface area (Å²) in [5, 5.41) is 9.84. The van der Waals surface area contributed by atoms with Gasteiger partial charge in [0.25, 0.3) is 0 Å². The monoisotopic (exact) mass is 336 g/mol. The molecule has 0 heterocycles. The van der Waals surface area contributed by atoms with Gasteiger partial charge in [0, 0.05) is 6.42 Å². The van der Waals surface area contributed by atoms with Crippen LogP contribution in [0.2, 0.25) is 0 Å². The molecular weight excluding hydrogens is 300 g/mol. The number of rotatable bonds is 14. The minimum atomic E-state index is -0.248. The molecule has 1 unspecified atom stereocenters. The molecule has 3 atom stereocenters. The Balaban J connectivity index is 1.96. The van der Waals surface area contributed by atoms with Crippen LogP contribution in [0.25, 0.3) is 0 Å². The first kappa shape index (κ1) is 21.0. The molecular formula is C21H36O3. The molecule has 1 fully saturated rings. The summed E-state index contributed by atoms with van der Waals surface area (Å²) >= 11 is 0. The Morgan fingerprint density at radius 2 is 1.96 bits per heavy atom. The van der Waals surface area contributed by atoms with Crippen LogP contribution in [-0.4, -0.2) is 24.3 Å². The van der Waals surface area contributed by atoms with E-state index in [1.807, 2.05) is 6.08 Å². The predicted molar refractivity (Wildman–Crippen MR) is 99.7 cm³/mol. The van der Waals surface area contributed by atoms with Crippen LogP contribution in [0.4, 0.5) is 0 Å². The summed E-state index contributed by atoms with van der Waals surface area (Å²) < 4.78 is 4.62. The second kappa shape index (κ2) is 13.2. The van der Waals surface area contributed by atoms with Crippen molar-refractivity contribution in [1.82, 2.24) is 0 Å². The molecule has 1 rings (SSSR count). The van der Waals surface area contributed by atoms with Gasteiger partial charge in [0.05, 0.1) is 13.2 Å². The molecule has 0 spiro atoms. The lowest BCUT2D eigenvalue weighted by atomic mass is 10.1. The fourth-order valence-electron chi connectivity index (χ4n) is 3.07. The van der Waals surface area contributed by atoms with Gasteiger partial charge in [0.2, 0.25) is 0 Å². The van der Waals surface area contributed by atoms with Crippen molar-refractivity contribution < 1.29 is 14.6 Å². The first-order chi connectivity index (χ1) is 11.7. The van der Waals surface area contributed by atoms with E-state index in [4.69, 9.17) is 0 Å². The van der Waals surface area contributed by atoms with E-state index in [0.29, 0.717) is 6.42 Å². The van der Waals surface area contributed by atoms with Crippen molar-refractivity contribution in [3.8, 4) is 0 Å². The van der Waals surface area contributed by atoms with Gasteiger partial charge in [-0.2, -0.15) is 0 Å². The van der Waals surface area contributed by atoms with E-state index in [9.17, 15) is 9.90 Å². The number of allylic oxidation sites excluding steroid dienone is 3. The Bertz CT molecular complexity index is 387. The van der Waals surface area contributed by atoms with E-state index < -0.39 is 0 Å². The lowest BCUT2D eigenvalue weighted by Crippen LogP contribution is -2.01. The van der Waals surface area contributed by atoms with Gasteiger partial charge in [-0.3, -0.25) is 4.79 Å². The number of esters is 1. The molecule has 0 aliphatic heterocycles. The minimum Gasteiger partial charge on any atom is -0.469 e. The van der Waals surface area contributed by atoms with Gasteiger partial charge in [-0.1, -0.05) is 50.5 Å². The number of carbonyl (C=O) groups is 1. The summed E-state index contributed by atoms with van der Waals surface area (Å²) in [6.45, 7) is 2.19. The molecule has 0 radical (unpaired) electrons. The highest BCUT2D eigenvalue weighted by Gasteiger charge is 2.34. The lowest BCUT2D eigenvalue weighted by Gasteiger charge is -2.04. The van der Waals surface area contributed by atoms with Crippen molar-refractivity contribution in [3.05, 3.63) is 24.3 Å². The maximum atomic E-state index is 11.0. The van der Waals surface area contributed by atoms with E-state index >= 15 is 0 Å². The van der Waals surface area contributed by atoms with Crippen LogP contribution in [0, 0.1) is 11.8 Å². The maximum absolute atomic E-state index is 11.0. The van der Waals surface area contributed by atoms with Crippen LogP contribution in [0.3, 0.4) is 0 Å². The van der Waals surface area contributed by atoms with Gasteiger partial charge in [-0.05, 0) is 56.8 Å². The molecule has 24 heavy (non-hydrogen) atoms. The van der Waals surface area contributed by atoms with Gasteiger partial charge in [-0.15, -0.1) is 0 Å². The van der Waals surface area contributed by atoms with Gasteiger partial charge < -0.3 is 9.84 Å². The standard InChI is InChI=1S/C21H36O3/c1-3-4-8-14-20(22)15-11-13-19-17-18(19)12-9-6-5-7-10-16-21(23)24-2/h5-6,11,15,18-20,22H,3-4,7-10,12-14,16-17H2,1-2H3/b6-5-,15-11+/t18-,19-,20?/m0/s1. The normalized spacial score (nSPS) is 21.5. The number of aliphatic hydroxyl groups excluding tert-OH is 1. The molecule has 138 valence electrons. The Morgan fingerprint density at radius 1 is 1.17 bits per heavy atom.